The molecule has 1 aliphatic heterocycles. The van der Waals surface area contributed by atoms with Gasteiger partial charge in [-0.15, -0.1) is 0 Å². The van der Waals surface area contributed by atoms with Gasteiger partial charge in [0, 0.05) is 0 Å². The van der Waals surface area contributed by atoms with E-state index in [0.717, 1.165) is 10.5 Å². The van der Waals surface area contributed by atoms with Gasteiger partial charge in [0.15, 0.2) is 0 Å². The maximum Gasteiger partial charge on any atom is 0.335 e. The van der Waals surface area contributed by atoms with E-state index >= 15 is 0 Å². The summed E-state index contributed by atoms with van der Waals surface area (Å²) in [6, 6.07) is 18.5. The van der Waals surface area contributed by atoms with Gasteiger partial charge in [0.1, 0.15) is 23.7 Å². The van der Waals surface area contributed by atoms with E-state index in [1.165, 1.54) is 25.3 Å². The number of methoxy groups -OCH3 is 1. The van der Waals surface area contributed by atoms with Crippen LogP contribution in [0.15, 0.2) is 78.4 Å². The standard InChI is InChI=1S/C26H20N2O7/c1-34-20-12-8-19(9-13-20)28-24(30)22(23(29)27-26(28)33)14-16-4-10-21(11-5-16)35-15-17-2-6-18(7-3-17)25(31)32/h2-14H,15H2,1H3,(H,31,32)(H,27,29,33)/b22-14+. The van der Waals surface area contributed by atoms with Crippen molar-refractivity contribution in [1.82, 2.24) is 5.32 Å². The number of benzene rings is 3. The molecular weight excluding hydrogens is 452 g/mol. The van der Waals surface area contributed by atoms with Gasteiger partial charge in [-0.25, -0.2) is 14.5 Å². The summed E-state index contributed by atoms with van der Waals surface area (Å²) in [6.07, 6.45) is 1.40. The molecule has 3 aromatic carbocycles. The number of rotatable bonds is 7. The fourth-order valence-corrected chi connectivity index (χ4v) is 3.36. The van der Waals surface area contributed by atoms with Crippen molar-refractivity contribution in [3.05, 3.63) is 95.1 Å². The number of aromatic carboxylic acids is 1. The van der Waals surface area contributed by atoms with E-state index in [1.807, 2.05) is 0 Å². The molecule has 0 aliphatic carbocycles. The number of nitrogens with zero attached hydrogens (tertiary/aromatic N) is 1. The second-order valence-electron chi connectivity index (χ2n) is 7.52. The molecule has 35 heavy (non-hydrogen) atoms. The summed E-state index contributed by atoms with van der Waals surface area (Å²) in [5.41, 5.74) is 1.67. The first-order valence-corrected chi connectivity index (χ1v) is 10.5. The molecule has 2 N–H and O–H groups in total. The van der Waals surface area contributed by atoms with Crippen LogP contribution in [0, 0.1) is 0 Å². The molecular formula is C26H20N2O7. The number of carboxylic acids is 1. The zero-order chi connectivity index (χ0) is 24.9. The summed E-state index contributed by atoms with van der Waals surface area (Å²) in [7, 11) is 1.50. The van der Waals surface area contributed by atoms with Gasteiger partial charge in [-0.05, 0) is 65.7 Å². The highest BCUT2D eigenvalue weighted by atomic mass is 16.5. The molecule has 0 aromatic heterocycles. The Bertz CT molecular complexity index is 1310. The molecule has 4 amide bonds. The van der Waals surface area contributed by atoms with E-state index in [0.29, 0.717) is 22.7 Å². The number of imide groups is 2. The molecule has 0 atom stereocenters. The van der Waals surface area contributed by atoms with Crippen LogP contribution in [-0.2, 0) is 16.2 Å². The Morgan fingerprint density at radius 1 is 0.914 bits per heavy atom. The monoisotopic (exact) mass is 472 g/mol. The van der Waals surface area contributed by atoms with E-state index in [4.69, 9.17) is 14.6 Å². The van der Waals surface area contributed by atoms with Gasteiger partial charge in [0.2, 0.25) is 0 Å². The molecule has 9 nitrogen and oxygen atoms in total. The summed E-state index contributed by atoms with van der Waals surface area (Å²) in [6.45, 7) is 0.236. The molecule has 176 valence electrons. The van der Waals surface area contributed by atoms with Crippen LogP contribution >= 0.6 is 0 Å². The number of barbiturate groups is 1. The first-order chi connectivity index (χ1) is 16.9. The minimum absolute atomic E-state index is 0.187. The van der Waals surface area contributed by atoms with Crippen LogP contribution in [-0.4, -0.2) is 36.0 Å². The van der Waals surface area contributed by atoms with Crippen molar-refractivity contribution in [2.45, 2.75) is 6.61 Å². The quantitative estimate of drug-likeness (QED) is 0.398. The van der Waals surface area contributed by atoms with Gasteiger partial charge >= 0.3 is 12.0 Å². The summed E-state index contributed by atoms with van der Waals surface area (Å²) in [5.74, 6) is -1.42. The number of nitrogens with one attached hydrogen (secondary N) is 1. The molecule has 9 heteroatoms. The number of hydrogen-bond donors (Lipinski definition) is 2. The van der Waals surface area contributed by atoms with Gasteiger partial charge < -0.3 is 14.6 Å². The molecule has 1 fully saturated rings. The lowest BCUT2D eigenvalue weighted by Gasteiger charge is -2.26. The van der Waals surface area contributed by atoms with Gasteiger partial charge in [-0.2, -0.15) is 0 Å². The number of ether oxygens (including phenoxy) is 2. The molecule has 0 saturated carbocycles. The topological polar surface area (TPSA) is 122 Å². The summed E-state index contributed by atoms with van der Waals surface area (Å²) < 4.78 is 10.8. The maximum atomic E-state index is 13.0. The Balaban J connectivity index is 1.47. The summed E-state index contributed by atoms with van der Waals surface area (Å²) in [5, 5.41) is 11.1. The van der Waals surface area contributed by atoms with E-state index in [2.05, 4.69) is 5.32 Å². The van der Waals surface area contributed by atoms with Crippen LogP contribution in [0.1, 0.15) is 21.5 Å². The third kappa shape index (κ3) is 5.19. The van der Waals surface area contributed by atoms with Crippen molar-refractivity contribution in [2.75, 3.05) is 12.0 Å². The highest BCUT2D eigenvalue weighted by Gasteiger charge is 2.36. The Morgan fingerprint density at radius 3 is 2.14 bits per heavy atom. The van der Waals surface area contributed by atoms with Gasteiger partial charge in [-0.1, -0.05) is 24.3 Å². The zero-order valence-corrected chi connectivity index (χ0v) is 18.6. The Hall–Kier alpha value is -4.92. The van der Waals surface area contributed by atoms with Crippen LogP contribution in [0.3, 0.4) is 0 Å². The highest BCUT2D eigenvalue weighted by molar-refractivity contribution is 6.39. The molecule has 0 radical (unpaired) electrons. The first kappa shape index (κ1) is 23.2. The molecule has 0 unspecified atom stereocenters. The Kier molecular flexibility index (Phi) is 6.59. The van der Waals surface area contributed by atoms with Crippen LogP contribution in [0.5, 0.6) is 11.5 Å². The van der Waals surface area contributed by atoms with Gasteiger partial charge in [0.25, 0.3) is 11.8 Å². The number of urea groups is 1. The zero-order valence-electron chi connectivity index (χ0n) is 18.6. The summed E-state index contributed by atoms with van der Waals surface area (Å²) >= 11 is 0. The number of carbonyl (C=O) groups excluding carboxylic acids is 3. The number of anilines is 1. The number of carbonyl (C=O) groups is 4. The Labute approximate surface area is 200 Å². The van der Waals surface area contributed by atoms with Crippen molar-refractivity contribution < 1.29 is 33.8 Å². The second-order valence-corrected chi connectivity index (χ2v) is 7.52. The van der Waals surface area contributed by atoms with Crippen molar-refractivity contribution in [2.24, 2.45) is 0 Å². The molecule has 3 aromatic rings. The van der Waals surface area contributed by atoms with Crippen molar-refractivity contribution in [3.63, 3.8) is 0 Å². The van der Waals surface area contributed by atoms with E-state index in [9.17, 15) is 19.2 Å². The minimum atomic E-state index is -0.996. The molecule has 1 saturated heterocycles. The number of amides is 4. The molecule has 4 rings (SSSR count). The van der Waals surface area contributed by atoms with Gasteiger partial charge in [-0.3, -0.25) is 14.9 Å². The van der Waals surface area contributed by atoms with Crippen molar-refractivity contribution >= 4 is 35.6 Å². The maximum absolute atomic E-state index is 13.0. The highest BCUT2D eigenvalue weighted by Crippen LogP contribution is 2.25. The first-order valence-electron chi connectivity index (χ1n) is 10.5. The van der Waals surface area contributed by atoms with Crippen molar-refractivity contribution in [1.29, 1.82) is 0 Å². The minimum Gasteiger partial charge on any atom is -0.497 e. The predicted molar refractivity (Wildman–Crippen MR) is 126 cm³/mol. The lowest BCUT2D eigenvalue weighted by atomic mass is 10.1. The third-order valence-electron chi connectivity index (χ3n) is 5.23. The normalized spacial score (nSPS) is 14.6. The number of hydrogen-bond acceptors (Lipinski definition) is 6. The lowest BCUT2D eigenvalue weighted by Crippen LogP contribution is -2.54. The van der Waals surface area contributed by atoms with E-state index < -0.39 is 23.8 Å². The van der Waals surface area contributed by atoms with Crippen LogP contribution in [0.2, 0.25) is 0 Å². The smallest absolute Gasteiger partial charge is 0.335 e. The lowest BCUT2D eigenvalue weighted by molar-refractivity contribution is -0.122. The second kappa shape index (κ2) is 9.92. The van der Waals surface area contributed by atoms with Crippen molar-refractivity contribution in [3.8, 4) is 11.5 Å². The average Bonchev–Trinajstić information content (AvgIpc) is 2.86. The van der Waals surface area contributed by atoms with Crippen LogP contribution in [0.4, 0.5) is 10.5 Å². The fraction of sp³-hybridized carbons (Fsp3) is 0.0769. The predicted octanol–water partition coefficient (Wildman–Crippen LogP) is 3.64. The van der Waals surface area contributed by atoms with Crippen LogP contribution < -0.4 is 19.7 Å². The summed E-state index contributed by atoms with van der Waals surface area (Å²) in [4.78, 5) is 49.5. The van der Waals surface area contributed by atoms with Crippen LogP contribution in [0.25, 0.3) is 6.08 Å². The number of carboxylic acid groups (broad SMARTS) is 1. The average molecular weight is 472 g/mol. The largest absolute Gasteiger partial charge is 0.497 e. The molecule has 1 aliphatic rings. The van der Waals surface area contributed by atoms with E-state index in [1.54, 1.807) is 60.7 Å². The Morgan fingerprint density at radius 2 is 1.54 bits per heavy atom. The fourth-order valence-electron chi connectivity index (χ4n) is 3.36. The van der Waals surface area contributed by atoms with E-state index in [-0.39, 0.29) is 17.7 Å². The SMILES string of the molecule is COc1ccc(N2C(=O)NC(=O)/C(=C\c3ccc(OCc4ccc(C(=O)O)cc4)cc3)C2=O)cc1. The molecule has 1 heterocycles. The van der Waals surface area contributed by atoms with Gasteiger partial charge in [0.05, 0.1) is 18.4 Å². The third-order valence-corrected chi connectivity index (χ3v) is 5.23. The molecule has 0 spiro atoms. The molecule has 0 bridgehead atoms.